The summed E-state index contributed by atoms with van der Waals surface area (Å²) in [6, 6.07) is 10.3. The highest BCUT2D eigenvalue weighted by Crippen LogP contribution is 2.23. The van der Waals surface area contributed by atoms with Crippen LogP contribution in [0.1, 0.15) is 5.69 Å². The summed E-state index contributed by atoms with van der Waals surface area (Å²) in [5.41, 5.74) is 7.39. The SMILES string of the molecule is Nc1cc(NS(=O)(=O)CCc2ccccn2)ccc1Br. The first-order valence-corrected chi connectivity index (χ1v) is 8.36. The second-order valence-electron chi connectivity index (χ2n) is 4.23. The van der Waals surface area contributed by atoms with E-state index in [4.69, 9.17) is 5.73 Å². The monoisotopic (exact) mass is 355 g/mol. The van der Waals surface area contributed by atoms with E-state index in [0.717, 1.165) is 10.2 Å². The molecule has 3 N–H and O–H groups in total. The third-order valence-corrected chi connectivity index (χ3v) is 4.63. The second-order valence-corrected chi connectivity index (χ2v) is 6.92. The average molecular weight is 356 g/mol. The Balaban J connectivity index is 2.02. The number of hydrogen-bond donors (Lipinski definition) is 2. The number of nitrogen functional groups attached to an aromatic ring is 1. The van der Waals surface area contributed by atoms with Crippen molar-refractivity contribution < 1.29 is 8.42 Å². The fourth-order valence-electron chi connectivity index (χ4n) is 1.62. The third kappa shape index (κ3) is 4.21. The highest BCUT2D eigenvalue weighted by Gasteiger charge is 2.11. The van der Waals surface area contributed by atoms with E-state index < -0.39 is 10.0 Å². The van der Waals surface area contributed by atoms with Gasteiger partial charge in [-0.15, -0.1) is 0 Å². The van der Waals surface area contributed by atoms with Crippen molar-refractivity contribution in [2.24, 2.45) is 0 Å². The van der Waals surface area contributed by atoms with Gasteiger partial charge in [0.2, 0.25) is 10.0 Å². The predicted octanol–water partition coefficient (Wildman–Crippen LogP) is 2.41. The van der Waals surface area contributed by atoms with Gasteiger partial charge >= 0.3 is 0 Å². The molecule has 0 radical (unpaired) electrons. The Bertz CT molecular complexity index is 690. The molecule has 0 amide bonds. The topological polar surface area (TPSA) is 85.1 Å². The lowest BCUT2D eigenvalue weighted by molar-refractivity contribution is 0.600. The largest absolute Gasteiger partial charge is 0.398 e. The number of benzene rings is 1. The van der Waals surface area contributed by atoms with Crippen LogP contribution in [0.3, 0.4) is 0 Å². The van der Waals surface area contributed by atoms with Gasteiger partial charge in [-0.1, -0.05) is 6.07 Å². The number of rotatable bonds is 5. The molecule has 20 heavy (non-hydrogen) atoms. The molecule has 5 nitrogen and oxygen atoms in total. The highest BCUT2D eigenvalue weighted by molar-refractivity contribution is 9.10. The van der Waals surface area contributed by atoms with E-state index in [2.05, 4.69) is 25.6 Å². The van der Waals surface area contributed by atoms with Crippen LogP contribution in [-0.2, 0) is 16.4 Å². The number of hydrogen-bond acceptors (Lipinski definition) is 4. The Morgan fingerprint density at radius 1 is 1.25 bits per heavy atom. The van der Waals surface area contributed by atoms with Gasteiger partial charge in [0.15, 0.2) is 0 Å². The first kappa shape index (κ1) is 14.8. The van der Waals surface area contributed by atoms with E-state index >= 15 is 0 Å². The van der Waals surface area contributed by atoms with E-state index in [1.54, 1.807) is 36.5 Å². The quantitative estimate of drug-likeness (QED) is 0.806. The lowest BCUT2D eigenvalue weighted by Gasteiger charge is -2.09. The van der Waals surface area contributed by atoms with Crippen molar-refractivity contribution in [1.29, 1.82) is 0 Å². The Morgan fingerprint density at radius 2 is 2.05 bits per heavy atom. The molecule has 0 aliphatic rings. The molecule has 2 aromatic rings. The minimum atomic E-state index is -3.42. The highest BCUT2D eigenvalue weighted by atomic mass is 79.9. The van der Waals surface area contributed by atoms with Gasteiger partial charge in [-0.2, -0.15) is 0 Å². The normalized spacial score (nSPS) is 11.2. The number of sulfonamides is 1. The Kier molecular flexibility index (Phi) is 4.61. The minimum absolute atomic E-state index is 0.0278. The van der Waals surface area contributed by atoms with Crippen LogP contribution >= 0.6 is 15.9 Å². The molecule has 1 heterocycles. The average Bonchev–Trinajstić information content (AvgIpc) is 2.42. The standard InChI is InChI=1S/C13H14BrN3O2S/c14-12-5-4-11(9-13(12)15)17-20(18,19)8-6-10-3-1-2-7-16-10/h1-5,7,9,17H,6,8,15H2. The van der Waals surface area contributed by atoms with Crippen molar-refractivity contribution in [2.75, 3.05) is 16.2 Å². The van der Waals surface area contributed by atoms with Gasteiger partial charge in [-0.05, 0) is 46.3 Å². The van der Waals surface area contributed by atoms with Crippen LogP contribution in [-0.4, -0.2) is 19.2 Å². The number of halogens is 1. The Labute approximate surface area is 126 Å². The van der Waals surface area contributed by atoms with Crippen LogP contribution in [0.4, 0.5) is 11.4 Å². The molecular weight excluding hydrogens is 342 g/mol. The molecule has 0 aliphatic heterocycles. The summed E-state index contributed by atoms with van der Waals surface area (Å²) in [6.07, 6.45) is 2.01. The summed E-state index contributed by atoms with van der Waals surface area (Å²) in [7, 11) is -3.42. The van der Waals surface area contributed by atoms with Gasteiger partial charge < -0.3 is 5.73 Å². The molecule has 106 valence electrons. The second kappa shape index (κ2) is 6.23. The zero-order valence-corrected chi connectivity index (χ0v) is 13.0. The number of nitrogens with one attached hydrogen (secondary N) is 1. The maximum atomic E-state index is 12.0. The first-order valence-electron chi connectivity index (χ1n) is 5.92. The molecule has 0 bridgehead atoms. The van der Waals surface area contributed by atoms with Crippen LogP contribution in [0.2, 0.25) is 0 Å². The van der Waals surface area contributed by atoms with Gasteiger partial charge in [-0.25, -0.2) is 8.42 Å². The smallest absolute Gasteiger partial charge is 0.233 e. The zero-order chi connectivity index (χ0) is 14.6. The minimum Gasteiger partial charge on any atom is -0.398 e. The number of nitrogens with two attached hydrogens (primary N) is 1. The number of nitrogens with zero attached hydrogens (tertiary/aromatic N) is 1. The molecule has 0 fully saturated rings. The molecule has 0 atom stereocenters. The van der Waals surface area contributed by atoms with E-state index in [0.29, 0.717) is 17.8 Å². The van der Waals surface area contributed by atoms with Crippen molar-refractivity contribution in [3.8, 4) is 0 Å². The van der Waals surface area contributed by atoms with E-state index in [-0.39, 0.29) is 5.75 Å². The van der Waals surface area contributed by atoms with Crippen LogP contribution in [0.25, 0.3) is 0 Å². The van der Waals surface area contributed by atoms with Gasteiger partial charge in [-0.3, -0.25) is 9.71 Å². The van der Waals surface area contributed by atoms with E-state index in [1.807, 2.05) is 6.07 Å². The van der Waals surface area contributed by atoms with Crippen molar-refractivity contribution in [3.05, 3.63) is 52.8 Å². The lowest BCUT2D eigenvalue weighted by Crippen LogP contribution is -2.18. The van der Waals surface area contributed by atoms with Gasteiger partial charge in [0.1, 0.15) is 0 Å². The molecule has 0 spiro atoms. The number of aromatic nitrogens is 1. The molecule has 2 rings (SSSR count). The fourth-order valence-corrected chi connectivity index (χ4v) is 2.94. The molecule has 0 saturated heterocycles. The Morgan fingerprint density at radius 3 is 2.70 bits per heavy atom. The fraction of sp³-hybridized carbons (Fsp3) is 0.154. The number of aryl methyl sites for hydroxylation is 1. The third-order valence-electron chi connectivity index (χ3n) is 2.62. The summed E-state index contributed by atoms with van der Waals surface area (Å²) in [4.78, 5) is 4.10. The molecule has 1 aromatic carbocycles. The zero-order valence-electron chi connectivity index (χ0n) is 10.6. The van der Waals surface area contributed by atoms with Crippen molar-refractivity contribution >= 4 is 37.3 Å². The van der Waals surface area contributed by atoms with Crippen LogP contribution in [0.5, 0.6) is 0 Å². The van der Waals surface area contributed by atoms with Crippen LogP contribution in [0, 0.1) is 0 Å². The summed E-state index contributed by atoms with van der Waals surface area (Å²) in [5.74, 6) is -0.0278. The van der Waals surface area contributed by atoms with E-state index in [9.17, 15) is 8.42 Å². The maximum absolute atomic E-state index is 12.0. The summed E-state index contributed by atoms with van der Waals surface area (Å²) in [5, 5.41) is 0. The van der Waals surface area contributed by atoms with Crippen LogP contribution < -0.4 is 10.5 Å². The summed E-state index contributed by atoms with van der Waals surface area (Å²) < 4.78 is 27.2. The summed E-state index contributed by atoms with van der Waals surface area (Å²) in [6.45, 7) is 0. The summed E-state index contributed by atoms with van der Waals surface area (Å²) >= 11 is 3.26. The van der Waals surface area contributed by atoms with E-state index in [1.165, 1.54) is 0 Å². The van der Waals surface area contributed by atoms with Crippen LogP contribution in [0.15, 0.2) is 47.1 Å². The number of anilines is 2. The molecule has 0 saturated carbocycles. The van der Waals surface area contributed by atoms with Crippen molar-refractivity contribution in [2.45, 2.75) is 6.42 Å². The molecule has 1 aromatic heterocycles. The first-order chi connectivity index (χ1) is 9.46. The van der Waals surface area contributed by atoms with Gasteiger partial charge in [0.25, 0.3) is 0 Å². The molecular formula is C13H14BrN3O2S. The number of pyridine rings is 1. The van der Waals surface area contributed by atoms with Gasteiger partial charge in [0.05, 0.1) is 11.4 Å². The predicted molar refractivity (Wildman–Crippen MR) is 83.9 cm³/mol. The van der Waals surface area contributed by atoms with Gasteiger partial charge in [0, 0.05) is 28.5 Å². The lowest BCUT2D eigenvalue weighted by atomic mass is 10.3. The molecule has 0 unspecified atom stereocenters. The maximum Gasteiger partial charge on any atom is 0.233 e. The Hall–Kier alpha value is -1.60. The van der Waals surface area contributed by atoms with Crippen molar-refractivity contribution in [3.63, 3.8) is 0 Å². The van der Waals surface area contributed by atoms with Crippen molar-refractivity contribution in [1.82, 2.24) is 4.98 Å². The molecule has 7 heteroatoms. The molecule has 0 aliphatic carbocycles.